The predicted molar refractivity (Wildman–Crippen MR) is 65.8 cm³/mol. The SMILES string of the molecule is CC(C)(NS(=O)(=O)c1ccc(CN)s1)C(N)=O. The molecule has 17 heavy (non-hydrogen) atoms. The molecule has 1 rings (SSSR count). The van der Waals surface area contributed by atoms with Gasteiger partial charge >= 0.3 is 0 Å². The Balaban J connectivity index is 3.01. The summed E-state index contributed by atoms with van der Waals surface area (Å²) in [6.45, 7) is 3.09. The third-order valence-electron chi connectivity index (χ3n) is 2.11. The number of sulfonamides is 1. The minimum Gasteiger partial charge on any atom is -0.368 e. The van der Waals surface area contributed by atoms with Gasteiger partial charge < -0.3 is 11.5 Å². The quantitative estimate of drug-likeness (QED) is 0.688. The Kier molecular flexibility index (Phi) is 3.92. The fraction of sp³-hybridized carbons (Fsp3) is 0.444. The third kappa shape index (κ3) is 3.25. The van der Waals surface area contributed by atoms with Crippen LogP contribution in [0.5, 0.6) is 0 Å². The maximum absolute atomic E-state index is 11.9. The first-order valence-electron chi connectivity index (χ1n) is 4.82. The van der Waals surface area contributed by atoms with Gasteiger partial charge in [-0.25, -0.2) is 8.42 Å². The standard InChI is InChI=1S/C9H15N3O3S2/c1-9(2,8(11)13)12-17(14,15)7-4-3-6(5-10)16-7/h3-4,12H,5,10H2,1-2H3,(H2,11,13). The molecule has 0 spiro atoms. The highest BCUT2D eigenvalue weighted by atomic mass is 32.2. The molecule has 0 saturated heterocycles. The van der Waals surface area contributed by atoms with Crippen LogP contribution in [0.3, 0.4) is 0 Å². The van der Waals surface area contributed by atoms with E-state index in [1.807, 2.05) is 0 Å². The van der Waals surface area contributed by atoms with Crippen molar-refractivity contribution in [3.05, 3.63) is 17.0 Å². The Morgan fingerprint density at radius 2 is 2.06 bits per heavy atom. The fourth-order valence-corrected chi connectivity index (χ4v) is 3.67. The average Bonchev–Trinajstić information content (AvgIpc) is 2.64. The van der Waals surface area contributed by atoms with Crippen LogP contribution in [-0.4, -0.2) is 19.9 Å². The zero-order valence-electron chi connectivity index (χ0n) is 9.56. The molecular formula is C9H15N3O3S2. The summed E-state index contributed by atoms with van der Waals surface area (Å²) in [6.07, 6.45) is 0. The van der Waals surface area contributed by atoms with Gasteiger partial charge in [-0.3, -0.25) is 4.79 Å². The minimum atomic E-state index is -3.74. The van der Waals surface area contributed by atoms with Crippen LogP contribution >= 0.6 is 11.3 Å². The number of hydrogen-bond acceptors (Lipinski definition) is 5. The van der Waals surface area contributed by atoms with Gasteiger partial charge in [-0.05, 0) is 26.0 Å². The van der Waals surface area contributed by atoms with E-state index in [1.165, 1.54) is 19.9 Å². The summed E-state index contributed by atoms with van der Waals surface area (Å²) in [7, 11) is -3.74. The van der Waals surface area contributed by atoms with Gasteiger partial charge in [0, 0.05) is 11.4 Å². The molecule has 0 radical (unpaired) electrons. The summed E-state index contributed by atoms with van der Waals surface area (Å²) in [5.41, 5.74) is 9.18. The summed E-state index contributed by atoms with van der Waals surface area (Å²) >= 11 is 1.06. The second-order valence-electron chi connectivity index (χ2n) is 4.02. The number of nitrogens with two attached hydrogens (primary N) is 2. The van der Waals surface area contributed by atoms with E-state index in [2.05, 4.69) is 4.72 Å². The fourth-order valence-electron chi connectivity index (χ4n) is 1.05. The molecule has 0 saturated carbocycles. The van der Waals surface area contributed by atoms with E-state index in [1.54, 1.807) is 6.07 Å². The van der Waals surface area contributed by atoms with Crippen LogP contribution in [0.15, 0.2) is 16.3 Å². The van der Waals surface area contributed by atoms with Crippen LogP contribution in [-0.2, 0) is 21.4 Å². The van der Waals surface area contributed by atoms with Gasteiger partial charge in [0.05, 0.1) is 0 Å². The maximum Gasteiger partial charge on any atom is 0.251 e. The van der Waals surface area contributed by atoms with Crippen LogP contribution in [0.25, 0.3) is 0 Å². The molecule has 0 aliphatic rings. The molecule has 1 aromatic rings. The number of nitrogens with one attached hydrogen (secondary N) is 1. The lowest BCUT2D eigenvalue weighted by Crippen LogP contribution is -2.52. The highest BCUT2D eigenvalue weighted by Gasteiger charge is 2.31. The lowest BCUT2D eigenvalue weighted by atomic mass is 10.1. The van der Waals surface area contributed by atoms with Crippen molar-refractivity contribution in [3.63, 3.8) is 0 Å². The van der Waals surface area contributed by atoms with Crippen molar-refractivity contribution in [1.29, 1.82) is 0 Å². The first kappa shape index (κ1) is 14.1. The summed E-state index contributed by atoms with van der Waals surface area (Å²) in [5, 5.41) is 0. The summed E-state index contributed by atoms with van der Waals surface area (Å²) in [4.78, 5) is 11.8. The molecule has 1 amide bonds. The van der Waals surface area contributed by atoms with E-state index in [0.717, 1.165) is 16.2 Å². The van der Waals surface area contributed by atoms with Crippen LogP contribution < -0.4 is 16.2 Å². The van der Waals surface area contributed by atoms with Gasteiger partial charge in [0.25, 0.3) is 10.0 Å². The zero-order valence-corrected chi connectivity index (χ0v) is 11.2. The van der Waals surface area contributed by atoms with Crippen molar-refractivity contribution in [2.45, 2.75) is 30.1 Å². The molecule has 0 aliphatic carbocycles. The van der Waals surface area contributed by atoms with Crippen molar-refractivity contribution in [3.8, 4) is 0 Å². The molecule has 0 fully saturated rings. The summed E-state index contributed by atoms with van der Waals surface area (Å²) < 4.78 is 26.2. The number of carbonyl (C=O) groups excluding carboxylic acids is 1. The molecule has 1 heterocycles. The lowest BCUT2D eigenvalue weighted by molar-refractivity contribution is -0.122. The van der Waals surface area contributed by atoms with Crippen molar-refractivity contribution in [1.82, 2.24) is 4.72 Å². The van der Waals surface area contributed by atoms with E-state index in [4.69, 9.17) is 11.5 Å². The van der Waals surface area contributed by atoms with Crippen molar-refractivity contribution in [2.24, 2.45) is 11.5 Å². The molecule has 0 aromatic carbocycles. The highest BCUT2D eigenvalue weighted by molar-refractivity contribution is 7.91. The second kappa shape index (κ2) is 4.73. The first-order valence-corrected chi connectivity index (χ1v) is 7.11. The number of hydrogen-bond donors (Lipinski definition) is 3. The van der Waals surface area contributed by atoms with Gasteiger partial charge in [-0.2, -0.15) is 4.72 Å². The normalized spacial score (nSPS) is 12.6. The van der Waals surface area contributed by atoms with Crippen molar-refractivity contribution < 1.29 is 13.2 Å². The van der Waals surface area contributed by atoms with Crippen LogP contribution in [0, 0.1) is 0 Å². The molecular weight excluding hydrogens is 262 g/mol. The monoisotopic (exact) mass is 277 g/mol. The number of primary amides is 1. The van der Waals surface area contributed by atoms with E-state index >= 15 is 0 Å². The molecule has 0 unspecified atom stereocenters. The molecule has 1 aromatic heterocycles. The number of amides is 1. The Morgan fingerprint density at radius 1 is 1.47 bits per heavy atom. The Morgan fingerprint density at radius 3 is 2.47 bits per heavy atom. The van der Waals surface area contributed by atoms with Crippen LogP contribution in [0.1, 0.15) is 18.7 Å². The molecule has 96 valence electrons. The number of rotatable bonds is 5. The van der Waals surface area contributed by atoms with Crippen LogP contribution in [0.4, 0.5) is 0 Å². The van der Waals surface area contributed by atoms with E-state index in [-0.39, 0.29) is 10.8 Å². The third-order valence-corrected chi connectivity index (χ3v) is 5.36. The number of carbonyl (C=O) groups is 1. The van der Waals surface area contributed by atoms with E-state index in [9.17, 15) is 13.2 Å². The Hall–Kier alpha value is -0.960. The first-order chi connectivity index (χ1) is 7.69. The number of thiophene rings is 1. The van der Waals surface area contributed by atoms with Gasteiger partial charge in [0.15, 0.2) is 0 Å². The van der Waals surface area contributed by atoms with Gasteiger partial charge in [-0.1, -0.05) is 0 Å². The largest absolute Gasteiger partial charge is 0.368 e. The maximum atomic E-state index is 11.9. The smallest absolute Gasteiger partial charge is 0.251 e. The zero-order chi connectivity index (χ0) is 13.3. The topological polar surface area (TPSA) is 115 Å². The van der Waals surface area contributed by atoms with E-state index < -0.39 is 21.5 Å². The molecule has 5 N–H and O–H groups in total. The van der Waals surface area contributed by atoms with Crippen molar-refractivity contribution in [2.75, 3.05) is 0 Å². The summed E-state index contributed by atoms with van der Waals surface area (Å²) in [6, 6.07) is 3.09. The second-order valence-corrected chi connectivity index (χ2v) is 7.10. The van der Waals surface area contributed by atoms with E-state index in [0.29, 0.717) is 0 Å². The van der Waals surface area contributed by atoms with Gasteiger partial charge in [0.2, 0.25) is 5.91 Å². The van der Waals surface area contributed by atoms with Crippen LogP contribution in [0.2, 0.25) is 0 Å². The molecule has 8 heteroatoms. The van der Waals surface area contributed by atoms with Crippen molar-refractivity contribution >= 4 is 27.3 Å². The minimum absolute atomic E-state index is 0.118. The summed E-state index contributed by atoms with van der Waals surface area (Å²) in [5.74, 6) is -0.739. The molecule has 0 aliphatic heterocycles. The highest BCUT2D eigenvalue weighted by Crippen LogP contribution is 2.22. The molecule has 6 nitrogen and oxygen atoms in total. The lowest BCUT2D eigenvalue weighted by Gasteiger charge is -2.21. The predicted octanol–water partition coefficient (Wildman–Crippen LogP) is -0.251. The Bertz CT molecular complexity index is 519. The average molecular weight is 277 g/mol. The van der Waals surface area contributed by atoms with Gasteiger partial charge in [-0.15, -0.1) is 11.3 Å². The molecule has 0 atom stereocenters. The van der Waals surface area contributed by atoms with Gasteiger partial charge in [0.1, 0.15) is 9.75 Å². The Labute approximate surface area is 104 Å². The molecule has 0 bridgehead atoms.